The van der Waals surface area contributed by atoms with E-state index in [2.05, 4.69) is 0 Å². The molecule has 0 aliphatic carbocycles. The lowest BCUT2D eigenvalue weighted by Crippen LogP contribution is -2.13. The zero-order valence-electron chi connectivity index (χ0n) is 6.11. The zero-order valence-corrected chi connectivity index (χ0v) is 8.44. The molecule has 1 rings (SSSR count). The summed E-state index contributed by atoms with van der Waals surface area (Å²) in [5.74, 6) is 1.20. The van der Waals surface area contributed by atoms with Gasteiger partial charge in [0.05, 0.1) is 0 Å². The predicted octanol–water partition coefficient (Wildman–Crippen LogP) is 2.76. The fourth-order valence-corrected chi connectivity index (χ4v) is 2.10. The van der Waals surface area contributed by atoms with Gasteiger partial charge in [-0.1, -0.05) is 29.8 Å². The molecular weight excluding hydrogens is 215 g/mol. The second-order valence-corrected chi connectivity index (χ2v) is 4.64. The standard InChI is InChI=1S/C8H7Cl2OS/c9-6-8(10)12(11)7-4-2-1-3-5-7/h1-6,8H/t8-,12?/m0/s1. The molecule has 0 spiro atoms. The highest BCUT2D eigenvalue weighted by Gasteiger charge is 2.20. The van der Waals surface area contributed by atoms with E-state index < -0.39 is 15.9 Å². The van der Waals surface area contributed by atoms with Crippen molar-refractivity contribution in [2.45, 2.75) is 9.60 Å². The third-order valence-electron chi connectivity index (χ3n) is 1.28. The van der Waals surface area contributed by atoms with Crippen LogP contribution >= 0.6 is 23.2 Å². The highest BCUT2D eigenvalue weighted by atomic mass is 35.5. The molecule has 0 fully saturated rings. The maximum Gasteiger partial charge on any atom is 0.211 e. The topological polar surface area (TPSA) is 23.1 Å². The van der Waals surface area contributed by atoms with Gasteiger partial charge in [0.2, 0.25) is 4.71 Å². The van der Waals surface area contributed by atoms with Crippen LogP contribution in [0.4, 0.5) is 0 Å². The first-order valence-corrected chi connectivity index (χ1v) is 5.37. The van der Waals surface area contributed by atoms with Crippen molar-refractivity contribution in [2.24, 2.45) is 0 Å². The molecule has 1 nitrogen and oxygen atoms in total. The third-order valence-corrected chi connectivity index (χ3v) is 3.70. The minimum absolute atomic E-state index is 0.630. The smallest absolute Gasteiger partial charge is 0.211 e. The summed E-state index contributed by atoms with van der Waals surface area (Å²) in [6, 6.07) is 8.99. The van der Waals surface area contributed by atoms with E-state index in [1.807, 2.05) is 18.2 Å². The number of alkyl halides is 1. The molecule has 1 aromatic carbocycles. The summed E-state index contributed by atoms with van der Waals surface area (Å²) in [7, 11) is 0. The van der Waals surface area contributed by atoms with Gasteiger partial charge in [0.1, 0.15) is 5.88 Å². The predicted molar refractivity (Wildman–Crippen MR) is 52.6 cm³/mol. The molecule has 0 heterocycles. The molecule has 1 aromatic rings. The van der Waals surface area contributed by atoms with Crippen LogP contribution in [0, 0.1) is 5.88 Å². The molecule has 1 radical (unpaired) electrons. The van der Waals surface area contributed by atoms with E-state index in [4.69, 9.17) is 23.2 Å². The Hall–Kier alpha value is 0.110. The Kier molecular flexibility index (Phi) is 4.22. The van der Waals surface area contributed by atoms with Crippen LogP contribution in [0.15, 0.2) is 35.2 Å². The first-order chi connectivity index (χ1) is 5.75. The lowest BCUT2D eigenvalue weighted by molar-refractivity contribution is 0.595. The van der Waals surface area contributed by atoms with E-state index in [1.165, 1.54) is 5.88 Å². The van der Waals surface area contributed by atoms with Gasteiger partial charge in [-0.15, -0.1) is 11.6 Å². The Morgan fingerprint density at radius 3 is 2.42 bits per heavy atom. The van der Waals surface area contributed by atoms with Crippen LogP contribution in [0.3, 0.4) is 0 Å². The minimum atomic E-state index is -1.25. The first kappa shape index (κ1) is 10.2. The van der Waals surface area contributed by atoms with Gasteiger partial charge in [-0.05, 0) is 12.1 Å². The minimum Gasteiger partial charge on any atom is -0.610 e. The first-order valence-electron chi connectivity index (χ1n) is 3.29. The summed E-state index contributed by atoms with van der Waals surface area (Å²) in [5.41, 5.74) is 0. The number of benzene rings is 1. The molecule has 0 aromatic heterocycles. The SMILES string of the molecule is [O-][S+](c1ccccc1)[C@H](Cl)[CH]Cl. The molecule has 0 saturated heterocycles. The van der Waals surface area contributed by atoms with E-state index in [-0.39, 0.29) is 0 Å². The van der Waals surface area contributed by atoms with E-state index in [0.717, 1.165) is 0 Å². The van der Waals surface area contributed by atoms with Crippen molar-refractivity contribution < 1.29 is 4.55 Å². The summed E-state index contributed by atoms with van der Waals surface area (Å²) >= 11 is 9.76. The van der Waals surface area contributed by atoms with E-state index in [1.54, 1.807) is 12.1 Å². The average Bonchev–Trinajstić information content (AvgIpc) is 2.17. The molecule has 0 saturated carbocycles. The van der Waals surface area contributed by atoms with Crippen LogP contribution in [-0.2, 0) is 11.2 Å². The second kappa shape index (κ2) is 4.97. The third kappa shape index (κ3) is 2.56. The van der Waals surface area contributed by atoms with Gasteiger partial charge in [0.15, 0.2) is 4.90 Å². The molecule has 0 aliphatic heterocycles. The maximum atomic E-state index is 11.4. The molecule has 4 heteroatoms. The van der Waals surface area contributed by atoms with Crippen LogP contribution in [-0.4, -0.2) is 9.26 Å². The monoisotopic (exact) mass is 221 g/mol. The molecule has 1 unspecified atom stereocenters. The fraction of sp³-hybridized carbons (Fsp3) is 0.125. The zero-order chi connectivity index (χ0) is 8.97. The van der Waals surface area contributed by atoms with Gasteiger partial charge >= 0.3 is 0 Å². The normalized spacial score (nSPS) is 15.6. The van der Waals surface area contributed by atoms with Gasteiger partial charge in [-0.2, -0.15) is 0 Å². The van der Waals surface area contributed by atoms with Crippen LogP contribution < -0.4 is 0 Å². The van der Waals surface area contributed by atoms with Crippen molar-refractivity contribution in [3.8, 4) is 0 Å². The summed E-state index contributed by atoms with van der Waals surface area (Å²) in [6.45, 7) is 0. The Bertz CT molecular complexity index is 230. The molecule has 0 amide bonds. The van der Waals surface area contributed by atoms with Crippen molar-refractivity contribution in [3.63, 3.8) is 0 Å². The van der Waals surface area contributed by atoms with Crippen molar-refractivity contribution in [1.82, 2.24) is 0 Å². The highest BCUT2D eigenvalue weighted by Crippen LogP contribution is 2.21. The van der Waals surface area contributed by atoms with Gasteiger partial charge < -0.3 is 4.55 Å². The quantitative estimate of drug-likeness (QED) is 0.569. The number of rotatable bonds is 3. The van der Waals surface area contributed by atoms with Gasteiger partial charge in [0.25, 0.3) is 0 Å². The van der Waals surface area contributed by atoms with Crippen molar-refractivity contribution >= 4 is 34.4 Å². The molecule has 0 N–H and O–H groups in total. The van der Waals surface area contributed by atoms with Crippen LogP contribution in [0.5, 0.6) is 0 Å². The molecule has 12 heavy (non-hydrogen) atoms. The molecule has 0 bridgehead atoms. The Labute approximate surface area is 84.9 Å². The number of hydrogen-bond acceptors (Lipinski definition) is 1. The van der Waals surface area contributed by atoms with Crippen molar-refractivity contribution in [1.29, 1.82) is 0 Å². The molecule has 0 aliphatic rings. The van der Waals surface area contributed by atoms with E-state index in [0.29, 0.717) is 4.90 Å². The average molecular weight is 222 g/mol. The Balaban J connectivity index is 2.71. The maximum absolute atomic E-state index is 11.4. The van der Waals surface area contributed by atoms with Gasteiger partial charge in [-0.25, -0.2) is 0 Å². The van der Waals surface area contributed by atoms with Gasteiger partial charge in [-0.3, -0.25) is 0 Å². The van der Waals surface area contributed by atoms with E-state index >= 15 is 0 Å². The largest absolute Gasteiger partial charge is 0.610 e. The number of halogens is 2. The summed E-state index contributed by atoms with van der Waals surface area (Å²) < 4.78 is 10.8. The lowest BCUT2D eigenvalue weighted by Gasteiger charge is -2.12. The second-order valence-electron chi connectivity index (χ2n) is 2.09. The van der Waals surface area contributed by atoms with E-state index in [9.17, 15) is 4.55 Å². The van der Waals surface area contributed by atoms with Crippen LogP contribution in [0.25, 0.3) is 0 Å². The lowest BCUT2D eigenvalue weighted by atomic mass is 10.4. The summed E-state index contributed by atoms with van der Waals surface area (Å²) in [5, 5.41) is 0. The van der Waals surface area contributed by atoms with Gasteiger partial charge in [0, 0.05) is 11.2 Å². The van der Waals surface area contributed by atoms with Crippen LogP contribution in [0.1, 0.15) is 0 Å². The highest BCUT2D eigenvalue weighted by molar-refractivity contribution is 7.93. The Morgan fingerprint density at radius 1 is 1.33 bits per heavy atom. The molecule has 2 atom stereocenters. The molecular formula is C8H7Cl2OS. The number of hydrogen-bond donors (Lipinski definition) is 0. The fourth-order valence-electron chi connectivity index (χ4n) is 0.731. The summed E-state index contributed by atoms with van der Waals surface area (Å²) in [4.78, 5) is 0.689. The summed E-state index contributed by atoms with van der Waals surface area (Å²) in [6.07, 6.45) is 0. The van der Waals surface area contributed by atoms with Crippen molar-refractivity contribution in [3.05, 3.63) is 36.2 Å². The molecule has 65 valence electrons. The Morgan fingerprint density at radius 2 is 1.92 bits per heavy atom. The van der Waals surface area contributed by atoms with Crippen LogP contribution in [0.2, 0.25) is 0 Å². The van der Waals surface area contributed by atoms with Crippen molar-refractivity contribution in [2.75, 3.05) is 0 Å².